The molecule has 1 amide bonds. The van der Waals surface area contributed by atoms with Crippen LogP contribution in [0.15, 0.2) is 66.7 Å². The number of alkyl halides is 1. The maximum Gasteiger partial charge on any atom is 0.233 e. The zero-order chi connectivity index (χ0) is 26.8. The van der Waals surface area contributed by atoms with Crippen LogP contribution in [0.2, 0.25) is 0 Å². The zero-order valence-electron chi connectivity index (χ0n) is 22.8. The minimum absolute atomic E-state index is 0.0863. The first-order valence-electron chi connectivity index (χ1n) is 14.3. The molecule has 6 heteroatoms. The van der Waals surface area contributed by atoms with E-state index in [2.05, 4.69) is 42.1 Å². The van der Waals surface area contributed by atoms with Crippen LogP contribution in [0.5, 0.6) is 5.75 Å². The van der Waals surface area contributed by atoms with Crippen molar-refractivity contribution in [3.63, 3.8) is 0 Å². The molecular formula is C33H36FN3O2. The number of carbonyl (C=O) groups is 1. The number of aromatic nitrogens is 2. The number of benzene rings is 2. The normalized spacial score (nSPS) is 28.9. The lowest BCUT2D eigenvalue weighted by Gasteiger charge is -2.65. The lowest BCUT2D eigenvalue weighted by molar-refractivity contribution is -0.211. The van der Waals surface area contributed by atoms with Gasteiger partial charge in [0, 0.05) is 36.8 Å². The number of hydrogen-bond donors (Lipinski definition) is 0. The smallest absolute Gasteiger partial charge is 0.233 e. The van der Waals surface area contributed by atoms with Crippen LogP contribution in [0, 0.1) is 11.3 Å². The van der Waals surface area contributed by atoms with Crippen molar-refractivity contribution >= 4 is 11.6 Å². The molecule has 0 aliphatic heterocycles. The highest BCUT2D eigenvalue weighted by Crippen LogP contribution is 2.70. The van der Waals surface area contributed by atoms with Crippen LogP contribution in [0.3, 0.4) is 0 Å². The molecule has 202 valence electrons. The van der Waals surface area contributed by atoms with Crippen LogP contribution in [-0.2, 0) is 11.8 Å². The summed E-state index contributed by atoms with van der Waals surface area (Å²) < 4.78 is 21.8. The summed E-state index contributed by atoms with van der Waals surface area (Å²) in [4.78, 5) is 15.9. The van der Waals surface area contributed by atoms with E-state index < -0.39 is 11.1 Å². The molecule has 39 heavy (non-hydrogen) atoms. The SMILES string of the molecule is COc1ccc(-c2cccc(N(CC3C=CC(c4cc(C5CC5)n(C)n4)CC3)C(=O)C34CC(F)(C3)C4)c2)cc1. The Balaban J connectivity index is 1.13. The Bertz CT molecular complexity index is 1420. The summed E-state index contributed by atoms with van der Waals surface area (Å²) in [6.07, 6.45) is 10.3. The lowest BCUT2D eigenvalue weighted by Crippen LogP contribution is -2.70. The third kappa shape index (κ3) is 4.38. The lowest BCUT2D eigenvalue weighted by atomic mass is 9.42. The molecule has 5 nitrogen and oxygen atoms in total. The van der Waals surface area contributed by atoms with E-state index in [9.17, 15) is 9.18 Å². The summed E-state index contributed by atoms with van der Waals surface area (Å²) in [7, 11) is 3.72. The second kappa shape index (κ2) is 9.07. The molecule has 3 aromatic rings. The summed E-state index contributed by atoms with van der Waals surface area (Å²) in [5, 5.41) is 4.83. The summed E-state index contributed by atoms with van der Waals surface area (Å²) in [5.41, 5.74) is 3.91. The Morgan fingerprint density at radius 3 is 2.44 bits per heavy atom. The van der Waals surface area contributed by atoms with Gasteiger partial charge < -0.3 is 9.64 Å². The minimum Gasteiger partial charge on any atom is -0.497 e. The third-order valence-corrected chi connectivity index (χ3v) is 9.44. The van der Waals surface area contributed by atoms with E-state index in [0.29, 0.717) is 37.6 Å². The molecule has 0 radical (unpaired) electrons. The van der Waals surface area contributed by atoms with Gasteiger partial charge in [0.2, 0.25) is 5.91 Å². The average molecular weight is 526 g/mol. The predicted octanol–water partition coefficient (Wildman–Crippen LogP) is 6.95. The van der Waals surface area contributed by atoms with Crippen molar-refractivity contribution in [3.8, 4) is 16.9 Å². The van der Waals surface area contributed by atoms with Gasteiger partial charge in [-0.3, -0.25) is 9.48 Å². The van der Waals surface area contributed by atoms with Gasteiger partial charge in [-0.2, -0.15) is 5.10 Å². The van der Waals surface area contributed by atoms with Crippen molar-refractivity contribution < 1.29 is 13.9 Å². The maximum absolute atomic E-state index is 14.4. The summed E-state index contributed by atoms with van der Waals surface area (Å²) in [5.74, 6) is 2.17. The van der Waals surface area contributed by atoms with E-state index in [1.54, 1.807) is 7.11 Å². The van der Waals surface area contributed by atoms with Gasteiger partial charge in [0.25, 0.3) is 0 Å². The van der Waals surface area contributed by atoms with Gasteiger partial charge in [-0.1, -0.05) is 36.4 Å². The fraction of sp³-hybridized carbons (Fsp3) is 0.455. The van der Waals surface area contributed by atoms with Gasteiger partial charge in [0.05, 0.1) is 18.2 Å². The largest absolute Gasteiger partial charge is 0.497 e. The van der Waals surface area contributed by atoms with Gasteiger partial charge >= 0.3 is 0 Å². The van der Waals surface area contributed by atoms with E-state index in [-0.39, 0.29) is 11.8 Å². The molecule has 8 rings (SSSR count). The van der Waals surface area contributed by atoms with E-state index in [4.69, 9.17) is 9.84 Å². The molecule has 5 aliphatic rings. The number of methoxy groups -OCH3 is 1. The molecular weight excluding hydrogens is 489 g/mol. The quantitative estimate of drug-likeness (QED) is 0.299. The first kappa shape index (κ1) is 24.6. The van der Waals surface area contributed by atoms with Gasteiger partial charge in [0.1, 0.15) is 11.4 Å². The molecule has 2 unspecified atom stereocenters. The molecule has 1 aromatic heterocycles. The molecule has 4 saturated carbocycles. The molecule has 2 bridgehead atoms. The topological polar surface area (TPSA) is 47.4 Å². The number of aryl methyl sites for hydroxylation is 1. The first-order valence-corrected chi connectivity index (χ1v) is 14.3. The minimum atomic E-state index is -1.10. The molecule has 2 atom stereocenters. The number of anilines is 1. The number of rotatable bonds is 8. The van der Waals surface area contributed by atoms with Crippen LogP contribution in [-0.4, -0.2) is 35.0 Å². The Labute approximate surface area is 229 Å². The fourth-order valence-corrected chi connectivity index (χ4v) is 7.08. The zero-order valence-corrected chi connectivity index (χ0v) is 22.8. The number of halogens is 1. The molecule has 1 heterocycles. The van der Waals surface area contributed by atoms with Crippen molar-refractivity contribution in [2.24, 2.45) is 18.4 Å². The van der Waals surface area contributed by atoms with Crippen molar-refractivity contribution in [1.82, 2.24) is 9.78 Å². The van der Waals surface area contributed by atoms with Crippen molar-refractivity contribution in [1.29, 1.82) is 0 Å². The number of amides is 1. The third-order valence-electron chi connectivity index (χ3n) is 9.44. The Hall–Kier alpha value is -3.41. The van der Waals surface area contributed by atoms with Crippen LogP contribution in [0.25, 0.3) is 11.1 Å². The highest BCUT2D eigenvalue weighted by molar-refractivity contribution is 6.00. The van der Waals surface area contributed by atoms with Crippen LogP contribution in [0.4, 0.5) is 10.1 Å². The monoisotopic (exact) mass is 525 g/mol. The standard InChI is InChI=1S/C33H36FN3O2/c1-36-30(25-10-11-25)17-29(35-36)24-8-6-22(7-9-24)18-37(31(38)32-19-33(34,20-32)21-32)27-5-3-4-26(16-27)23-12-14-28(39-2)15-13-23/h3-6,8,12-17,22,24-25H,7,9-11,18-21H2,1-2H3. The molecule has 2 aromatic carbocycles. The number of ether oxygens (including phenoxy) is 1. The fourth-order valence-electron chi connectivity index (χ4n) is 7.08. The first-order chi connectivity index (χ1) is 18.8. The van der Waals surface area contributed by atoms with Gasteiger partial charge in [-0.25, -0.2) is 4.39 Å². The summed E-state index contributed by atoms with van der Waals surface area (Å²) in [6.45, 7) is 0.616. The van der Waals surface area contributed by atoms with Crippen LogP contribution < -0.4 is 9.64 Å². The van der Waals surface area contributed by atoms with Crippen LogP contribution in [0.1, 0.15) is 68.2 Å². The maximum atomic E-state index is 14.4. The molecule has 0 N–H and O–H groups in total. The summed E-state index contributed by atoms with van der Waals surface area (Å²) in [6, 6.07) is 18.5. The summed E-state index contributed by atoms with van der Waals surface area (Å²) >= 11 is 0. The molecule has 0 saturated heterocycles. The van der Waals surface area contributed by atoms with E-state index in [1.165, 1.54) is 18.5 Å². The van der Waals surface area contributed by atoms with Gasteiger partial charge in [0.15, 0.2) is 0 Å². The van der Waals surface area contributed by atoms with Gasteiger partial charge in [-0.05, 0) is 92.3 Å². The highest BCUT2D eigenvalue weighted by Gasteiger charge is 2.73. The van der Waals surface area contributed by atoms with Crippen molar-refractivity contribution in [2.75, 3.05) is 18.6 Å². The number of carbonyl (C=O) groups excluding carboxylic acids is 1. The van der Waals surface area contributed by atoms with Gasteiger partial charge in [-0.15, -0.1) is 0 Å². The van der Waals surface area contributed by atoms with Crippen molar-refractivity contribution in [2.45, 2.75) is 62.5 Å². The Morgan fingerprint density at radius 2 is 1.79 bits per heavy atom. The highest BCUT2D eigenvalue weighted by atomic mass is 19.1. The second-order valence-electron chi connectivity index (χ2n) is 12.4. The van der Waals surface area contributed by atoms with E-state index >= 15 is 0 Å². The number of allylic oxidation sites excluding steroid dienone is 1. The molecule has 4 fully saturated rings. The molecule has 5 aliphatic carbocycles. The Kier molecular flexibility index (Phi) is 5.73. The number of hydrogen-bond acceptors (Lipinski definition) is 3. The average Bonchev–Trinajstić information content (AvgIpc) is 3.70. The van der Waals surface area contributed by atoms with E-state index in [0.717, 1.165) is 41.1 Å². The van der Waals surface area contributed by atoms with Crippen LogP contribution >= 0.6 is 0 Å². The predicted molar refractivity (Wildman–Crippen MR) is 151 cm³/mol. The van der Waals surface area contributed by atoms with E-state index in [1.807, 2.05) is 41.3 Å². The second-order valence-corrected chi connectivity index (χ2v) is 12.4. The Morgan fingerprint density at radius 1 is 1.03 bits per heavy atom. The molecule has 0 spiro atoms. The van der Waals surface area contributed by atoms with Crippen molar-refractivity contribution in [3.05, 3.63) is 78.1 Å². The number of nitrogens with zero attached hydrogens (tertiary/aromatic N) is 3.